The zero-order valence-electron chi connectivity index (χ0n) is 16.7. The van der Waals surface area contributed by atoms with Gasteiger partial charge in [-0.3, -0.25) is 14.9 Å². The third-order valence-corrected chi connectivity index (χ3v) is 6.45. The van der Waals surface area contributed by atoms with Crippen molar-refractivity contribution in [2.24, 2.45) is 5.92 Å². The van der Waals surface area contributed by atoms with Crippen LogP contribution in [0.3, 0.4) is 0 Å². The quantitative estimate of drug-likeness (QED) is 0.381. The number of hydrogen-bond donors (Lipinski definition) is 2. The van der Waals surface area contributed by atoms with Gasteiger partial charge in [0.1, 0.15) is 11.0 Å². The maximum Gasteiger partial charge on any atom is 0.252 e. The van der Waals surface area contributed by atoms with E-state index in [1.807, 2.05) is 38.1 Å². The highest BCUT2D eigenvalue weighted by Crippen LogP contribution is 2.28. The summed E-state index contributed by atoms with van der Waals surface area (Å²) < 4.78 is 0.923. The van der Waals surface area contributed by atoms with E-state index in [4.69, 9.17) is 23.2 Å². The summed E-state index contributed by atoms with van der Waals surface area (Å²) in [4.78, 5) is 25.7. The topological polar surface area (TPSA) is 84.0 Å². The molecule has 31 heavy (non-hydrogen) atoms. The fraction of sp³-hybridized carbons (Fsp3) is 0.238. The van der Waals surface area contributed by atoms with E-state index in [2.05, 4.69) is 36.8 Å². The van der Waals surface area contributed by atoms with E-state index in [-0.39, 0.29) is 17.4 Å². The van der Waals surface area contributed by atoms with Crippen molar-refractivity contribution in [3.63, 3.8) is 0 Å². The number of carbonyl (C=O) groups is 2. The minimum absolute atomic E-state index is 0.115. The number of halogens is 3. The predicted octanol–water partition coefficient (Wildman–Crippen LogP) is 6.06. The first-order valence-electron chi connectivity index (χ1n) is 9.44. The molecule has 3 rings (SSSR count). The highest BCUT2D eigenvalue weighted by Gasteiger charge is 2.27. The molecule has 0 aliphatic carbocycles. The molecule has 2 N–H and O–H groups in total. The van der Waals surface area contributed by atoms with Crippen LogP contribution in [0.15, 0.2) is 46.9 Å². The molecule has 0 aliphatic heterocycles. The lowest BCUT2D eigenvalue weighted by Gasteiger charge is -2.23. The van der Waals surface area contributed by atoms with E-state index >= 15 is 0 Å². The Hall–Kier alpha value is -2.00. The molecule has 162 valence electrons. The average Bonchev–Trinajstić information content (AvgIpc) is 3.19. The van der Waals surface area contributed by atoms with Crippen molar-refractivity contribution in [1.82, 2.24) is 15.5 Å². The van der Waals surface area contributed by atoms with Crippen molar-refractivity contribution in [2.75, 3.05) is 5.32 Å². The maximum absolute atomic E-state index is 13.0. The van der Waals surface area contributed by atoms with Gasteiger partial charge in [0.25, 0.3) is 5.91 Å². The molecule has 10 heteroatoms. The second-order valence-corrected chi connectivity index (χ2v) is 9.67. The third kappa shape index (κ3) is 6.26. The van der Waals surface area contributed by atoms with Crippen LogP contribution in [0.25, 0.3) is 10.6 Å². The van der Waals surface area contributed by atoms with Crippen LogP contribution in [0.4, 0.5) is 5.13 Å². The van der Waals surface area contributed by atoms with Gasteiger partial charge in [-0.1, -0.05) is 82.9 Å². The van der Waals surface area contributed by atoms with Crippen LogP contribution in [-0.2, 0) is 4.79 Å². The molecule has 0 spiro atoms. The number of hydrogen-bond acceptors (Lipinski definition) is 5. The van der Waals surface area contributed by atoms with Crippen LogP contribution in [0.2, 0.25) is 10.0 Å². The first-order valence-corrected chi connectivity index (χ1v) is 11.8. The van der Waals surface area contributed by atoms with Gasteiger partial charge in [-0.2, -0.15) is 0 Å². The summed E-state index contributed by atoms with van der Waals surface area (Å²) in [7, 11) is 0. The standard InChI is InChI=1S/C21H19BrCl2N4O2S/c1-3-11(2)17(25-18(29)13-8-15(23)10-16(24)9-13)19(30)26-21-28-27-20(31-21)12-5-4-6-14(22)7-12/h4-11,17H,3H2,1-2H3,(H,25,29)(H,26,28,30). The van der Waals surface area contributed by atoms with Gasteiger partial charge in [-0.25, -0.2) is 0 Å². The molecule has 3 aromatic rings. The van der Waals surface area contributed by atoms with E-state index in [9.17, 15) is 9.59 Å². The molecule has 0 saturated carbocycles. The number of rotatable bonds is 7. The van der Waals surface area contributed by atoms with Crippen molar-refractivity contribution < 1.29 is 9.59 Å². The summed E-state index contributed by atoms with van der Waals surface area (Å²) in [5, 5.41) is 15.5. The van der Waals surface area contributed by atoms with Crippen LogP contribution in [0, 0.1) is 5.92 Å². The van der Waals surface area contributed by atoms with Gasteiger partial charge >= 0.3 is 0 Å². The van der Waals surface area contributed by atoms with E-state index < -0.39 is 11.9 Å². The Bertz CT molecular complexity index is 1090. The molecular weight excluding hydrogens is 523 g/mol. The monoisotopic (exact) mass is 540 g/mol. The lowest BCUT2D eigenvalue weighted by Crippen LogP contribution is -2.47. The molecule has 1 aromatic heterocycles. The van der Waals surface area contributed by atoms with E-state index in [1.165, 1.54) is 29.5 Å². The molecule has 6 nitrogen and oxygen atoms in total. The average molecular weight is 542 g/mol. The first-order chi connectivity index (χ1) is 14.8. The molecule has 2 unspecified atom stereocenters. The Morgan fingerprint density at radius 1 is 1.13 bits per heavy atom. The molecule has 0 saturated heterocycles. The Balaban J connectivity index is 1.75. The van der Waals surface area contributed by atoms with Gasteiger partial charge in [0.15, 0.2) is 0 Å². The number of anilines is 1. The Kier molecular flexibility index (Phi) is 8.05. The van der Waals surface area contributed by atoms with Gasteiger partial charge < -0.3 is 5.32 Å². The van der Waals surface area contributed by atoms with Gasteiger partial charge in [0.2, 0.25) is 11.0 Å². The smallest absolute Gasteiger partial charge is 0.252 e. The first kappa shape index (κ1) is 23.7. The molecule has 0 aliphatic rings. The highest BCUT2D eigenvalue weighted by atomic mass is 79.9. The number of benzene rings is 2. The van der Waals surface area contributed by atoms with Gasteiger partial charge in [0, 0.05) is 25.6 Å². The summed E-state index contributed by atoms with van der Waals surface area (Å²) >= 11 is 16.7. The van der Waals surface area contributed by atoms with Crippen LogP contribution in [0.1, 0.15) is 30.6 Å². The SMILES string of the molecule is CCC(C)C(NC(=O)c1cc(Cl)cc(Cl)c1)C(=O)Nc1nnc(-c2cccc(Br)c2)s1. The van der Waals surface area contributed by atoms with Crippen LogP contribution >= 0.6 is 50.5 Å². The number of nitrogens with one attached hydrogen (secondary N) is 2. The Morgan fingerprint density at radius 3 is 2.48 bits per heavy atom. The second-order valence-electron chi connectivity index (χ2n) is 6.91. The largest absolute Gasteiger partial charge is 0.340 e. The van der Waals surface area contributed by atoms with Crippen LogP contribution < -0.4 is 10.6 Å². The second kappa shape index (κ2) is 10.5. The molecule has 0 radical (unpaired) electrons. The van der Waals surface area contributed by atoms with E-state index in [0.717, 1.165) is 10.0 Å². The van der Waals surface area contributed by atoms with Gasteiger partial charge in [-0.05, 0) is 36.2 Å². The summed E-state index contributed by atoms with van der Waals surface area (Å²) in [6.07, 6.45) is 0.689. The minimum atomic E-state index is -0.770. The number of carbonyl (C=O) groups excluding carboxylic acids is 2. The molecule has 2 atom stereocenters. The van der Waals surface area contributed by atoms with Crippen molar-refractivity contribution in [1.29, 1.82) is 0 Å². The van der Waals surface area contributed by atoms with Crippen molar-refractivity contribution in [2.45, 2.75) is 26.3 Å². The highest BCUT2D eigenvalue weighted by molar-refractivity contribution is 9.10. The lowest BCUT2D eigenvalue weighted by molar-refractivity contribution is -0.119. The Labute approximate surface area is 202 Å². The number of amides is 2. The summed E-state index contributed by atoms with van der Waals surface area (Å²) in [5.74, 6) is -0.916. The fourth-order valence-corrected chi connectivity index (χ4v) is 4.47. The molecule has 1 heterocycles. The molecule has 0 bridgehead atoms. The van der Waals surface area contributed by atoms with Crippen LogP contribution in [0.5, 0.6) is 0 Å². The predicted molar refractivity (Wildman–Crippen MR) is 129 cm³/mol. The summed E-state index contributed by atoms with van der Waals surface area (Å²) in [6.45, 7) is 3.84. The summed E-state index contributed by atoms with van der Waals surface area (Å²) in [6, 6.07) is 11.4. The van der Waals surface area contributed by atoms with Crippen LogP contribution in [-0.4, -0.2) is 28.1 Å². The lowest BCUT2D eigenvalue weighted by atomic mass is 9.98. The van der Waals surface area contributed by atoms with Gasteiger partial charge in [-0.15, -0.1) is 10.2 Å². The van der Waals surface area contributed by atoms with Crippen molar-refractivity contribution in [3.05, 3.63) is 62.5 Å². The number of aromatic nitrogens is 2. The van der Waals surface area contributed by atoms with E-state index in [0.29, 0.717) is 26.6 Å². The molecule has 0 fully saturated rings. The minimum Gasteiger partial charge on any atom is -0.340 e. The maximum atomic E-state index is 13.0. The molecule has 2 amide bonds. The Morgan fingerprint density at radius 2 is 1.84 bits per heavy atom. The fourth-order valence-electron chi connectivity index (χ4n) is 2.81. The number of nitrogens with zero attached hydrogens (tertiary/aromatic N) is 2. The normalized spacial score (nSPS) is 12.8. The van der Waals surface area contributed by atoms with E-state index in [1.54, 1.807) is 0 Å². The van der Waals surface area contributed by atoms with Crippen molar-refractivity contribution in [3.8, 4) is 10.6 Å². The molecule has 2 aromatic carbocycles. The third-order valence-electron chi connectivity index (χ3n) is 4.63. The molecular formula is C21H19BrCl2N4O2S. The van der Waals surface area contributed by atoms with Gasteiger partial charge in [0.05, 0.1) is 0 Å². The zero-order chi connectivity index (χ0) is 22.5. The summed E-state index contributed by atoms with van der Waals surface area (Å²) in [5.41, 5.74) is 1.17. The zero-order valence-corrected chi connectivity index (χ0v) is 20.6. The van der Waals surface area contributed by atoms with Crippen molar-refractivity contribution >= 4 is 67.4 Å².